The quantitative estimate of drug-likeness (QED) is 0.783. The average molecular weight is 249 g/mol. The zero-order valence-corrected chi connectivity index (χ0v) is 10.9. The van der Waals surface area contributed by atoms with Crippen LogP contribution in [0.25, 0.3) is 0 Å². The highest BCUT2D eigenvalue weighted by Crippen LogP contribution is 2.19. The number of hydrogen-bond donors (Lipinski definition) is 0. The summed E-state index contributed by atoms with van der Waals surface area (Å²) in [6.45, 7) is 2.25. The molecular formula is C13H19N3O2. The first-order valence-corrected chi connectivity index (χ1v) is 6.00. The third-order valence-electron chi connectivity index (χ3n) is 3.17. The molecule has 0 spiro atoms. The number of carbonyl (C=O) groups excluding carboxylic acids is 2. The summed E-state index contributed by atoms with van der Waals surface area (Å²) >= 11 is 0. The Bertz CT molecular complexity index is 367. The molecule has 18 heavy (non-hydrogen) atoms. The second kappa shape index (κ2) is 7.58. The van der Waals surface area contributed by atoms with Gasteiger partial charge in [-0.3, -0.25) is 0 Å². The van der Waals surface area contributed by atoms with Crippen molar-refractivity contribution in [2.45, 2.75) is 18.9 Å². The summed E-state index contributed by atoms with van der Waals surface area (Å²) in [7, 11) is 4.34. The summed E-state index contributed by atoms with van der Waals surface area (Å²) in [5.41, 5.74) is 0. The van der Waals surface area contributed by atoms with Crippen LogP contribution in [0.4, 0.5) is 5.82 Å². The molecule has 2 heterocycles. The monoisotopic (exact) mass is 249 g/mol. The van der Waals surface area contributed by atoms with Crippen molar-refractivity contribution in [1.82, 2.24) is 9.88 Å². The topological polar surface area (TPSA) is 53.5 Å². The van der Waals surface area contributed by atoms with Gasteiger partial charge in [-0.25, -0.2) is 4.98 Å². The van der Waals surface area contributed by atoms with E-state index in [-0.39, 0.29) is 6.15 Å². The molecule has 1 aliphatic rings. The van der Waals surface area contributed by atoms with Gasteiger partial charge in [0.2, 0.25) is 0 Å². The van der Waals surface area contributed by atoms with Gasteiger partial charge in [0.15, 0.2) is 0 Å². The van der Waals surface area contributed by atoms with Crippen molar-refractivity contribution in [3.05, 3.63) is 24.4 Å². The minimum absolute atomic E-state index is 0.250. The second-order valence-electron chi connectivity index (χ2n) is 4.45. The highest BCUT2D eigenvalue weighted by Gasteiger charge is 2.20. The number of piperidine rings is 1. The number of aromatic nitrogens is 1. The third-order valence-corrected chi connectivity index (χ3v) is 3.17. The van der Waals surface area contributed by atoms with E-state index in [4.69, 9.17) is 9.59 Å². The SMILES string of the molecule is CN(C)C1CCN(c2ccccn2)CC1.O=C=O. The van der Waals surface area contributed by atoms with Crippen molar-refractivity contribution in [2.24, 2.45) is 0 Å². The van der Waals surface area contributed by atoms with Gasteiger partial charge in [-0.15, -0.1) is 0 Å². The lowest BCUT2D eigenvalue weighted by molar-refractivity contribution is -0.191. The minimum Gasteiger partial charge on any atom is -0.357 e. The second-order valence-corrected chi connectivity index (χ2v) is 4.45. The summed E-state index contributed by atoms with van der Waals surface area (Å²) in [6.07, 6.45) is 4.60. The Kier molecular flexibility index (Phi) is 6.05. The molecule has 5 nitrogen and oxygen atoms in total. The van der Waals surface area contributed by atoms with Crippen LogP contribution in [0.2, 0.25) is 0 Å². The van der Waals surface area contributed by atoms with Gasteiger partial charge >= 0.3 is 6.15 Å². The van der Waals surface area contributed by atoms with Crippen LogP contribution in [-0.4, -0.2) is 49.3 Å². The summed E-state index contributed by atoms with van der Waals surface area (Å²) in [4.78, 5) is 25.3. The minimum atomic E-state index is 0.250. The van der Waals surface area contributed by atoms with Gasteiger partial charge in [0.25, 0.3) is 0 Å². The van der Waals surface area contributed by atoms with E-state index in [1.807, 2.05) is 12.3 Å². The average Bonchev–Trinajstić information content (AvgIpc) is 2.41. The van der Waals surface area contributed by atoms with E-state index in [1.165, 1.54) is 12.8 Å². The van der Waals surface area contributed by atoms with Gasteiger partial charge in [0, 0.05) is 25.3 Å². The molecule has 0 aromatic carbocycles. The summed E-state index contributed by atoms with van der Waals surface area (Å²) in [6, 6.07) is 6.86. The molecule has 0 radical (unpaired) electrons. The van der Waals surface area contributed by atoms with E-state index in [2.05, 4.69) is 41.0 Å². The van der Waals surface area contributed by atoms with Crippen LogP contribution in [0.5, 0.6) is 0 Å². The summed E-state index contributed by atoms with van der Waals surface area (Å²) in [5.74, 6) is 1.12. The number of nitrogens with zero attached hydrogens (tertiary/aromatic N) is 3. The molecule has 1 aromatic heterocycles. The largest absolute Gasteiger partial charge is 0.373 e. The van der Waals surface area contributed by atoms with Gasteiger partial charge in [-0.1, -0.05) is 6.07 Å². The molecule has 98 valence electrons. The lowest BCUT2D eigenvalue weighted by Crippen LogP contribution is -2.42. The normalized spacial score (nSPS) is 15.8. The summed E-state index contributed by atoms with van der Waals surface area (Å²) in [5, 5.41) is 0. The highest BCUT2D eigenvalue weighted by molar-refractivity contribution is 5.38. The first-order chi connectivity index (χ1) is 8.69. The van der Waals surface area contributed by atoms with Crippen molar-refractivity contribution >= 4 is 12.0 Å². The first-order valence-electron chi connectivity index (χ1n) is 6.00. The Balaban J connectivity index is 0.000000492. The molecule has 0 unspecified atom stereocenters. The molecule has 1 aromatic rings. The van der Waals surface area contributed by atoms with Gasteiger partial charge in [-0.05, 0) is 39.1 Å². The maximum absolute atomic E-state index is 8.12. The number of anilines is 1. The predicted octanol–water partition coefficient (Wildman–Crippen LogP) is 1.03. The fourth-order valence-electron chi connectivity index (χ4n) is 2.15. The molecule has 0 atom stereocenters. The van der Waals surface area contributed by atoms with E-state index >= 15 is 0 Å². The first kappa shape index (κ1) is 14.4. The van der Waals surface area contributed by atoms with E-state index < -0.39 is 0 Å². The maximum atomic E-state index is 8.12. The Morgan fingerprint density at radius 1 is 1.28 bits per heavy atom. The fraction of sp³-hybridized carbons (Fsp3) is 0.538. The molecule has 2 rings (SSSR count). The molecule has 0 amide bonds. The highest BCUT2D eigenvalue weighted by atomic mass is 16.2. The molecular weight excluding hydrogens is 230 g/mol. The van der Waals surface area contributed by atoms with Crippen molar-refractivity contribution in [2.75, 3.05) is 32.1 Å². The van der Waals surface area contributed by atoms with Crippen LogP contribution in [-0.2, 0) is 9.59 Å². The van der Waals surface area contributed by atoms with Gasteiger partial charge in [0.1, 0.15) is 5.82 Å². The van der Waals surface area contributed by atoms with E-state index in [0.717, 1.165) is 24.9 Å². The van der Waals surface area contributed by atoms with Crippen molar-refractivity contribution in [1.29, 1.82) is 0 Å². The molecule has 1 fully saturated rings. The molecule has 0 aliphatic carbocycles. The van der Waals surface area contributed by atoms with Crippen LogP contribution in [0, 0.1) is 0 Å². The van der Waals surface area contributed by atoms with Crippen LogP contribution in [0.3, 0.4) is 0 Å². The Morgan fingerprint density at radius 3 is 2.33 bits per heavy atom. The van der Waals surface area contributed by atoms with Crippen molar-refractivity contribution in [3.63, 3.8) is 0 Å². The molecule has 0 bridgehead atoms. The van der Waals surface area contributed by atoms with Crippen LogP contribution in [0.15, 0.2) is 24.4 Å². The molecule has 1 saturated heterocycles. The van der Waals surface area contributed by atoms with E-state index in [9.17, 15) is 0 Å². The van der Waals surface area contributed by atoms with Crippen LogP contribution >= 0.6 is 0 Å². The van der Waals surface area contributed by atoms with Crippen LogP contribution in [0.1, 0.15) is 12.8 Å². The van der Waals surface area contributed by atoms with Gasteiger partial charge in [0.05, 0.1) is 0 Å². The fourth-order valence-corrected chi connectivity index (χ4v) is 2.15. The maximum Gasteiger partial charge on any atom is 0.373 e. The molecule has 1 aliphatic heterocycles. The molecule has 0 N–H and O–H groups in total. The Morgan fingerprint density at radius 2 is 1.89 bits per heavy atom. The lowest BCUT2D eigenvalue weighted by Gasteiger charge is -2.35. The third kappa shape index (κ3) is 4.28. The molecule has 5 heteroatoms. The van der Waals surface area contributed by atoms with Gasteiger partial charge < -0.3 is 9.80 Å². The lowest BCUT2D eigenvalue weighted by atomic mass is 10.0. The molecule has 0 saturated carbocycles. The number of hydrogen-bond acceptors (Lipinski definition) is 5. The standard InChI is InChI=1S/C12H19N3.CO2/c1-14(2)11-6-9-15(10-7-11)12-5-3-4-8-13-12;2-1-3/h3-5,8,11H,6-7,9-10H2,1-2H3;. The Labute approximate surface area is 107 Å². The Hall–Kier alpha value is -1.71. The predicted molar refractivity (Wildman–Crippen MR) is 68.2 cm³/mol. The van der Waals surface area contributed by atoms with Gasteiger partial charge in [-0.2, -0.15) is 9.59 Å². The van der Waals surface area contributed by atoms with Crippen molar-refractivity contribution < 1.29 is 9.59 Å². The zero-order chi connectivity index (χ0) is 13.4. The van der Waals surface area contributed by atoms with E-state index in [0.29, 0.717) is 0 Å². The number of rotatable bonds is 2. The number of pyridine rings is 1. The smallest absolute Gasteiger partial charge is 0.357 e. The summed E-state index contributed by atoms with van der Waals surface area (Å²) < 4.78 is 0. The van der Waals surface area contributed by atoms with E-state index in [1.54, 1.807) is 0 Å². The van der Waals surface area contributed by atoms with Crippen molar-refractivity contribution in [3.8, 4) is 0 Å². The van der Waals surface area contributed by atoms with Crippen LogP contribution < -0.4 is 4.90 Å². The zero-order valence-electron chi connectivity index (χ0n) is 10.9.